The zero-order chi connectivity index (χ0) is 14.9. The number of hydrogen-bond acceptors (Lipinski definition) is 2. The Morgan fingerprint density at radius 3 is 2.71 bits per heavy atom. The lowest BCUT2D eigenvalue weighted by Crippen LogP contribution is -2.20. The van der Waals surface area contributed by atoms with Gasteiger partial charge in [-0.25, -0.2) is 0 Å². The first-order chi connectivity index (χ1) is 10.3. The van der Waals surface area contributed by atoms with E-state index < -0.39 is 0 Å². The fourth-order valence-corrected chi connectivity index (χ4v) is 2.89. The molecule has 0 bridgehead atoms. The van der Waals surface area contributed by atoms with Gasteiger partial charge >= 0.3 is 0 Å². The highest BCUT2D eigenvalue weighted by Gasteiger charge is 2.10. The lowest BCUT2D eigenvalue weighted by molar-refractivity contribution is 0.479. The van der Waals surface area contributed by atoms with Crippen molar-refractivity contribution in [2.24, 2.45) is 0 Å². The summed E-state index contributed by atoms with van der Waals surface area (Å²) in [6, 6.07) is 11.3. The molecule has 1 aromatic heterocycles. The zero-order valence-electron chi connectivity index (χ0n) is 13.4. The van der Waals surface area contributed by atoms with E-state index in [0.717, 1.165) is 12.1 Å². The number of nitrogens with one attached hydrogen (secondary N) is 1. The SMILES string of the molecule is CCCCCCCC(NCC)c1ccc2cccnc2c1. The first-order valence-corrected chi connectivity index (χ1v) is 8.43. The molecule has 1 unspecified atom stereocenters. The number of hydrogen-bond donors (Lipinski definition) is 1. The van der Waals surface area contributed by atoms with E-state index in [1.165, 1.54) is 49.5 Å². The molecule has 0 saturated carbocycles. The lowest BCUT2D eigenvalue weighted by Gasteiger charge is -2.18. The number of fused-ring (bicyclic) bond motifs is 1. The minimum absolute atomic E-state index is 0.461. The van der Waals surface area contributed by atoms with E-state index in [9.17, 15) is 0 Å². The summed E-state index contributed by atoms with van der Waals surface area (Å²) in [6.45, 7) is 5.47. The fourth-order valence-electron chi connectivity index (χ4n) is 2.89. The predicted molar refractivity (Wildman–Crippen MR) is 91.5 cm³/mol. The summed E-state index contributed by atoms with van der Waals surface area (Å²) in [6.07, 6.45) is 9.79. The summed E-state index contributed by atoms with van der Waals surface area (Å²) in [7, 11) is 0. The second-order valence-electron chi connectivity index (χ2n) is 5.77. The largest absolute Gasteiger partial charge is 0.310 e. The third-order valence-electron chi connectivity index (χ3n) is 4.08. The number of pyridine rings is 1. The van der Waals surface area contributed by atoms with Crippen molar-refractivity contribution in [3.05, 3.63) is 42.1 Å². The molecule has 0 aliphatic heterocycles. The van der Waals surface area contributed by atoms with Gasteiger partial charge < -0.3 is 5.32 Å². The zero-order valence-corrected chi connectivity index (χ0v) is 13.4. The Morgan fingerprint density at radius 1 is 1.05 bits per heavy atom. The summed E-state index contributed by atoms with van der Waals surface area (Å²) in [5, 5.41) is 4.85. The Labute approximate surface area is 129 Å². The van der Waals surface area contributed by atoms with E-state index in [0.29, 0.717) is 6.04 Å². The Hall–Kier alpha value is -1.41. The highest BCUT2D eigenvalue weighted by molar-refractivity contribution is 5.78. The topological polar surface area (TPSA) is 24.9 Å². The van der Waals surface area contributed by atoms with Gasteiger partial charge in [-0.2, -0.15) is 0 Å². The van der Waals surface area contributed by atoms with Gasteiger partial charge in [0.1, 0.15) is 0 Å². The molecule has 1 N–H and O–H groups in total. The minimum Gasteiger partial charge on any atom is -0.310 e. The number of nitrogens with zero attached hydrogens (tertiary/aromatic N) is 1. The van der Waals surface area contributed by atoms with Gasteiger partial charge in [-0.1, -0.05) is 64.2 Å². The van der Waals surface area contributed by atoms with Gasteiger partial charge in [0, 0.05) is 17.6 Å². The fraction of sp³-hybridized carbons (Fsp3) is 0.526. The summed E-state index contributed by atoms with van der Waals surface area (Å²) in [5.74, 6) is 0. The molecule has 2 nitrogen and oxygen atoms in total. The van der Waals surface area contributed by atoms with Crippen LogP contribution in [0.5, 0.6) is 0 Å². The van der Waals surface area contributed by atoms with Crippen LogP contribution in [0.15, 0.2) is 36.5 Å². The van der Waals surface area contributed by atoms with Crippen molar-refractivity contribution in [3.63, 3.8) is 0 Å². The molecule has 2 heteroatoms. The molecular weight excluding hydrogens is 256 g/mol. The second kappa shape index (κ2) is 8.78. The van der Waals surface area contributed by atoms with Crippen LogP contribution < -0.4 is 5.32 Å². The Balaban J connectivity index is 2.01. The smallest absolute Gasteiger partial charge is 0.0705 e. The molecule has 1 atom stereocenters. The van der Waals surface area contributed by atoms with Crippen molar-refractivity contribution in [1.29, 1.82) is 0 Å². The van der Waals surface area contributed by atoms with E-state index in [-0.39, 0.29) is 0 Å². The molecule has 0 fully saturated rings. The molecule has 0 aliphatic carbocycles. The molecule has 21 heavy (non-hydrogen) atoms. The van der Waals surface area contributed by atoms with Crippen molar-refractivity contribution in [3.8, 4) is 0 Å². The highest BCUT2D eigenvalue weighted by atomic mass is 14.9. The molecule has 2 rings (SSSR count). The van der Waals surface area contributed by atoms with Crippen LogP contribution in [0, 0.1) is 0 Å². The van der Waals surface area contributed by atoms with Gasteiger partial charge in [0.15, 0.2) is 0 Å². The second-order valence-corrected chi connectivity index (χ2v) is 5.77. The summed E-state index contributed by atoms with van der Waals surface area (Å²) in [4.78, 5) is 4.48. The van der Waals surface area contributed by atoms with Gasteiger partial charge in [-0.3, -0.25) is 4.98 Å². The van der Waals surface area contributed by atoms with Crippen LogP contribution in [0.3, 0.4) is 0 Å². The van der Waals surface area contributed by atoms with Crippen LogP contribution in [0.4, 0.5) is 0 Å². The van der Waals surface area contributed by atoms with E-state index in [4.69, 9.17) is 0 Å². The third kappa shape index (κ3) is 4.82. The molecule has 1 heterocycles. The Bertz CT molecular complexity index is 536. The molecule has 0 spiro atoms. The van der Waals surface area contributed by atoms with E-state index in [1.807, 2.05) is 12.3 Å². The van der Waals surface area contributed by atoms with Crippen LogP contribution in [-0.2, 0) is 0 Å². The van der Waals surface area contributed by atoms with Crippen LogP contribution in [0.2, 0.25) is 0 Å². The first kappa shape index (κ1) is 16.0. The Kier molecular flexibility index (Phi) is 6.68. The van der Waals surface area contributed by atoms with Crippen molar-refractivity contribution in [2.45, 2.75) is 58.4 Å². The molecule has 114 valence electrons. The standard InChI is InChI=1S/C19H28N2/c1-3-5-6-7-8-11-18(20-4-2)17-13-12-16-10-9-14-21-19(16)15-17/h9-10,12-15,18,20H,3-8,11H2,1-2H3. The van der Waals surface area contributed by atoms with Crippen LogP contribution in [0.1, 0.15) is 64.0 Å². The van der Waals surface area contributed by atoms with E-state index >= 15 is 0 Å². The molecule has 0 radical (unpaired) electrons. The molecule has 0 aliphatic rings. The van der Waals surface area contributed by atoms with Gasteiger partial charge in [0.2, 0.25) is 0 Å². The van der Waals surface area contributed by atoms with Crippen molar-refractivity contribution < 1.29 is 0 Å². The maximum absolute atomic E-state index is 4.48. The van der Waals surface area contributed by atoms with E-state index in [1.54, 1.807) is 0 Å². The summed E-state index contributed by atoms with van der Waals surface area (Å²) in [5.41, 5.74) is 2.47. The molecular formula is C19H28N2. The Morgan fingerprint density at radius 2 is 1.90 bits per heavy atom. The number of aromatic nitrogens is 1. The van der Waals surface area contributed by atoms with Crippen molar-refractivity contribution >= 4 is 10.9 Å². The normalized spacial score (nSPS) is 12.7. The maximum atomic E-state index is 4.48. The van der Waals surface area contributed by atoms with Crippen LogP contribution >= 0.6 is 0 Å². The number of rotatable bonds is 9. The van der Waals surface area contributed by atoms with Gasteiger partial charge in [-0.15, -0.1) is 0 Å². The summed E-state index contributed by atoms with van der Waals surface area (Å²) < 4.78 is 0. The maximum Gasteiger partial charge on any atom is 0.0705 e. The van der Waals surface area contributed by atoms with Crippen LogP contribution in [0.25, 0.3) is 10.9 Å². The minimum atomic E-state index is 0.461. The van der Waals surface area contributed by atoms with Crippen molar-refractivity contribution in [1.82, 2.24) is 10.3 Å². The summed E-state index contributed by atoms with van der Waals surface area (Å²) >= 11 is 0. The number of unbranched alkanes of at least 4 members (excludes halogenated alkanes) is 4. The predicted octanol–water partition coefficient (Wildman–Crippen LogP) is 5.25. The quantitative estimate of drug-likeness (QED) is 0.636. The average molecular weight is 284 g/mol. The average Bonchev–Trinajstić information content (AvgIpc) is 2.53. The van der Waals surface area contributed by atoms with Gasteiger partial charge in [0.05, 0.1) is 5.52 Å². The third-order valence-corrected chi connectivity index (χ3v) is 4.08. The van der Waals surface area contributed by atoms with Gasteiger partial charge in [0.25, 0.3) is 0 Å². The molecule has 0 amide bonds. The monoisotopic (exact) mass is 284 g/mol. The molecule has 0 saturated heterocycles. The van der Waals surface area contributed by atoms with Gasteiger partial charge in [-0.05, 0) is 30.7 Å². The molecule has 2 aromatic rings. The number of benzene rings is 1. The first-order valence-electron chi connectivity index (χ1n) is 8.43. The van der Waals surface area contributed by atoms with Crippen molar-refractivity contribution in [2.75, 3.05) is 6.54 Å². The highest BCUT2D eigenvalue weighted by Crippen LogP contribution is 2.23. The lowest BCUT2D eigenvalue weighted by atomic mass is 9.98. The van der Waals surface area contributed by atoms with E-state index in [2.05, 4.69) is 48.4 Å². The molecule has 1 aromatic carbocycles. The van der Waals surface area contributed by atoms with Crippen LogP contribution in [-0.4, -0.2) is 11.5 Å².